The topological polar surface area (TPSA) is 85.2 Å². The van der Waals surface area contributed by atoms with Gasteiger partial charge in [0.2, 0.25) is 5.76 Å². The second-order valence-electron chi connectivity index (χ2n) is 4.57. The molecule has 0 saturated carbocycles. The van der Waals surface area contributed by atoms with Crippen LogP contribution in [0.1, 0.15) is 35.0 Å². The van der Waals surface area contributed by atoms with Gasteiger partial charge in [0, 0.05) is 24.4 Å². The van der Waals surface area contributed by atoms with Crippen molar-refractivity contribution in [3.05, 3.63) is 29.4 Å². The molecule has 0 spiro atoms. The molecule has 2 N–H and O–H groups in total. The van der Waals surface area contributed by atoms with Gasteiger partial charge in [-0.15, -0.1) is 11.3 Å². The van der Waals surface area contributed by atoms with Crippen LogP contribution in [0.25, 0.3) is 0 Å². The molecule has 1 amide bonds. The molecule has 0 bridgehead atoms. The third-order valence-electron chi connectivity index (χ3n) is 3.31. The predicted molar refractivity (Wildman–Crippen MR) is 70.9 cm³/mol. The number of aromatic nitrogens is 2. The van der Waals surface area contributed by atoms with Gasteiger partial charge in [-0.1, -0.05) is 0 Å². The number of thiazole rings is 1. The predicted octanol–water partition coefficient (Wildman–Crippen LogP) is 1.73. The molecule has 1 saturated heterocycles. The number of nitrogens with two attached hydrogens (primary N) is 1. The number of hydrogen-bond donors (Lipinski definition) is 1. The van der Waals surface area contributed by atoms with Crippen LogP contribution in [0, 0.1) is 0 Å². The number of anilines is 1. The fraction of sp³-hybridized carbons (Fsp3) is 0.417. The maximum Gasteiger partial charge on any atom is 0.291 e. The Morgan fingerprint density at radius 1 is 1.58 bits per heavy atom. The molecule has 3 heterocycles. The summed E-state index contributed by atoms with van der Waals surface area (Å²) < 4.78 is 5.06. The molecule has 1 atom stereocenters. The molecule has 3 rings (SSSR count). The highest BCUT2D eigenvalue weighted by Crippen LogP contribution is 2.29. The second kappa shape index (κ2) is 5.00. The van der Waals surface area contributed by atoms with E-state index < -0.39 is 0 Å². The summed E-state index contributed by atoms with van der Waals surface area (Å²) in [5.74, 6) is 0.443. The van der Waals surface area contributed by atoms with Crippen LogP contribution >= 0.6 is 11.3 Å². The number of piperidine rings is 1. The normalized spacial score (nSPS) is 19.6. The lowest BCUT2D eigenvalue weighted by molar-refractivity contribution is 0.0674. The van der Waals surface area contributed by atoms with Gasteiger partial charge in [0.15, 0.2) is 11.5 Å². The summed E-state index contributed by atoms with van der Waals surface area (Å²) in [5, 5.41) is 2.55. The number of oxazole rings is 1. The van der Waals surface area contributed by atoms with Gasteiger partial charge in [-0.2, -0.15) is 0 Å². The molecule has 2 aromatic heterocycles. The number of carbonyl (C=O) groups is 1. The third-order valence-corrected chi connectivity index (χ3v) is 4.00. The number of rotatable bonds is 2. The summed E-state index contributed by atoms with van der Waals surface area (Å²) in [4.78, 5) is 22.1. The van der Waals surface area contributed by atoms with Gasteiger partial charge in [-0.05, 0) is 12.8 Å². The minimum Gasteiger partial charge on any atom is -0.438 e. The van der Waals surface area contributed by atoms with E-state index in [0.29, 0.717) is 17.4 Å². The van der Waals surface area contributed by atoms with Crippen molar-refractivity contribution in [2.24, 2.45) is 0 Å². The minimum atomic E-state index is -0.106. The van der Waals surface area contributed by atoms with Crippen molar-refractivity contribution in [2.75, 3.05) is 18.8 Å². The van der Waals surface area contributed by atoms with Gasteiger partial charge in [0.05, 0.1) is 11.9 Å². The van der Waals surface area contributed by atoms with Gasteiger partial charge >= 0.3 is 0 Å². The third kappa shape index (κ3) is 2.46. The SMILES string of the molecule is Nc1nc([C@H]2CCCN(C(=O)c3cnco3)C2)cs1. The average molecular weight is 278 g/mol. The van der Waals surface area contributed by atoms with Crippen molar-refractivity contribution >= 4 is 22.4 Å². The lowest BCUT2D eigenvalue weighted by Crippen LogP contribution is -2.39. The van der Waals surface area contributed by atoms with E-state index in [9.17, 15) is 4.79 Å². The lowest BCUT2D eigenvalue weighted by atomic mass is 9.95. The fourth-order valence-corrected chi connectivity index (χ4v) is 3.01. The molecule has 0 radical (unpaired) electrons. The van der Waals surface area contributed by atoms with E-state index in [0.717, 1.165) is 25.1 Å². The zero-order valence-electron chi connectivity index (χ0n) is 10.3. The molecule has 1 aliphatic heterocycles. The van der Waals surface area contributed by atoms with Crippen molar-refractivity contribution in [1.29, 1.82) is 0 Å². The van der Waals surface area contributed by atoms with Crippen LogP contribution in [-0.2, 0) is 0 Å². The molecule has 0 aliphatic carbocycles. The number of nitrogen functional groups attached to an aromatic ring is 1. The summed E-state index contributed by atoms with van der Waals surface area (Å²) in [6, 6.07) is 0. The summed E-state index contributed by atoms with van der Waals surface area (Å²) in [5.41, 5.74) is 6.64. The van der Waals surface area contributed by atoms with Crippen LogP contribution in [0.4, 0.5) is 5.13 Å². The summed E-state index contributed by atoms with van der Waals surface area (Å²) in [7, 11) is 0. The number of hydrogen-bond acceptors (Lipinski definition) is 6. The Kier molecular flexibility index (Phi) is 3.20. The average Bonchev–Trinajstić information content (AvgIpc) is 3.09. The molecular weight excluding hydrogens is 264 g/mol. The molecule has 0 unspecified atom stereocenters. The van der Waals surface area contributed by atoms with Crippen LogP contribution in [-0.4, -0.2) is 33.9 Å². The van der Waals surface area contributed by atoms with Crippen LogP contribution in [0.5, 0.6) is 0 Å². The minimum absolute atomic E-state index is 0.106. The van der Waals surface area contributed by atoms with E-state index in [2.05, 4.69) is 9.97 Å². The quantitative estimate of drug-likeness (QED) is 0.904. The largest absolute Gasteiger partial charge is 0.438 e. The Bertz CT molecular complexity index is 566. The van der Waals surface area contributed by atoms with E-state index >= 15 is 0 Å². The maximum absolute atomic E-state index is 12.2. The zero-order chi connectivity index (χ0) is 13.2. The monoisotopic (exact) mass is 278 g/mol. The van der Waals surface area contributed by atoms with Gasteiger partial charge < -0.3 is 15.1 Å². The first-order chi connectivity index (χ1) is 9.24. The van der Waals surface area contributed by atoms with E-state index in [1.807, 2.05) is 5.38 Å². The highest BCUT2D eigenvalue weighted by Gasteiger charge is 2.28. The number of likely N-dealkylation sites (tertiary alicyclic amines) is 1. The van der Waals surface area contributed by atoms with Crippen molar-refractivity contribution in [2.45, 2.75) is 18.8 Å². The Morgan fingerprint density at radius 3 is 3.16 bits per heavy atom. The van der Waals surface area contributed by atoms with Crippen molar-refractivity contribution in [1.82, 2.24) is 14.9 Å². The molecule has 6 nitrogen and oxygen atoms in total. The Labute approximate surface area is 114 Å². The Balaban J connectivity index is 1.73. The maximum atomic E-state index is 12.2. The molecule has 2 aromatic rings. The van der Waals surface area contributed by atoms with E-state index in [1.54, 1.807) is 4.90 Å². The number of carbonyl (C=O) groups excluding carboxylic acids is 1. The molecule has 100 valence electrons. The van der Waals surface area contributed by atoms with Gasteiger partial charge in [0.1, 0.15) is 0 Å². The first-order valence-corrected chi connectivity index (χ1v) is 7.00. The van der Waals surface area contributed by atoms with Crippen molar-refractivity contribution in [3.63, 3.8) is 0 Å². The number of amides is 1. The van der Waals surface area contributed by atoms with Crippen LogP contribution < -0.4 is 5.73 Å². The Hall–Kier alpha value is -1.89. The van der Waals surface area contributed by atoms with Gasteiger partial charge in [-0.3, -0.25) is 4.79 Å². The van der Waals surface area contributed by atoms with Crippen molar-refractivity contribution < 1.29 is 9.21 Å². The molecule has 19 heavy (non-hydrogen) atoms. The van der Waals surface area contributed by atoms with Crippen LogP contribution in [0.2, 0.25) is 0 Å². The van der Waals surface area contributed by atoms with Crippen LogP contribution in [0.3, 0.4) is 0 Å². The number of nitrogens with zero attached hydrogens (tertiary/aromatic N) is 3. The van der Waals surface area contributed by atoms with E-state index in [-0.39, 0.29) is 11.8 Å². The standard InChI is InChI=1S/C12H14N4O2S/c13-12-15-9(6-19-12)8-2-1-3-16(5-8)11(17)10-4-14-7-18-10/h4,6-8H,1-3,5H2,(H2,13,15)/t8-/m0/s1. The molecule has 0 aromatic carbocycles. The summed E-state index contributed by atoms with van der Waals surface area (Å²) in [6.07, 6.45) is 4.72. The smallest absolute Gasteiger partial charge is 0.291 e. The molecule has 1 fully saturated rings. The summed E-state index contributed by atoms with van der Waals surface area (Å²) >= 11 is 1.44. The first-order valence-electron chi connectivity index (χ1n) is 6.12. The zero-order valence-corrected chi connectivity index (χ0v) is 11.1. The summed E-state index contributed by atoms with van der Waals surface area (Å²) in [6.45, 7) is 1.40. The molecular formula is C12H14N4O2S. The fourth-order valence-electron chi connectivity index (χ4n) is 2.37. The van der Waals surface area contributed by atoms with E-state index in [4.69, 9.17) is 10.2 Å². The first kappa shape index (κ1) is 12.2. The van der Waals surface area contributed by atoms with E-state index in [1.165, 1.54) is 23.9 Å². The highest BCUT2D eigenvalue weighted by molar-refractivity contribution is 7.13. The van der Waals surface area contributed by atoms with Crippen molar-refractivity contribution in [3.8, 4) is 0 Å². The second-order valence-corrected chi connectivity index (χ2v) is 5.46. The lowest BCUT2D eigenvalue weighted by Gasteiger charge is -2.31. The highest BCUT2D eigenvalue weighted by atomic mass is 32.1. The molecule has 1 aliphatic rings. The van der Waals surface area contributed by atoms with Gasteiger partial charge in [0.25, 0.3) is 5.91 Å². The molecule has 7 heteroatoms. The van der Waals surface area contributed by atoms with Gasteiger partial charge in [-0.25, -0.2) is 9.97 Å². The van der Waals surface area contributed by atoms with Crippen LogP contribution in [0.15, 0.2) is 22.4 Å². The Morgan fingerprint density at radius 2 is 2.47 bits per heavy atom.